The number of amides is 2. The van der Waals surface area contributed by atoms with Crippen LogP contribution in [0.25, 0.3) is 0 Å². The predicted molar refractivity (Wildman–Crippen MR) is 113 cm³/mol. The first kappa shape index (κ1) is 21.4. The summed E-state index contributed by atoms with van der Waals surface area (Å²) in [6, 6.07) is 14.6. The Labute approximate surface area is 176 Å². The number of anilines is 2. The molecular formula is C23H26N2O5. The third kappa shape index (κ3) is 5.17. The summed E-state index contributed by atoms with van der Waals surface area (Å²) in [4.78, 5) is 38.5. The summed E-state index contributed by atoms with van der Waals surface area (Å²) in [5.74, 6) is -0.967. The number of rotatable bonds is 8. The summed E-state index contributed by atoms with van der Waals surface area (Å²) in [6.45, 7) is 4.34. The van der Waals surface area contributed by atoms with E-state index in [4.69, 9.17) is 9.47 Å². The molecule has 1 atom stereocenters. The predicted octanol–water partition coefficient (Wildman–Crippen LogP) is 3.18. The van der Waals surface area contributed by atoms with Gasteiger partial charge in [-0.15, -0.1) is 0 Å². The third-order valence-electron chi connectivity index (χ3n) is 4.92. The summed E-state index contributed by atoms with van der Waals surface area (Å²) >= 11 is 0. The molecule has 1 aliphatic rings. The highest BCUT2D eigenvalue weighted by molar-refractivity contribution is 6.00. The third-order valence-corrected chi connectivity index (χ3v) is 4.92. The van der Waals surface area contributed by atoms with E-state index in [1.807, 2.05) is 38.1 Å². The highest BCUT2D eigenvalue weighted by Crippen LogP contribution is 2.29. The fourth-order valence-corrected chi connectivity index (χ4v) is 3.42. The first-order valence-electron chi connectivity index (χ1n) is 10.1. The van der Waals surface area contributed by atoms with Gasteiger partial charge in [-0.25, -0.2) is 0 Å². The van der Waals surface area contributed by atoms with Gasteiger partial charge < -0.3 is 19.7 Å². The number of nitrogens with zero attached hydrogens (tertiary/aromatic N) is 1. The number of aryl methyl sites for hydroxylation is 1. The van der Waals surface area contributed by atoms with Gasteiger partial charge in [0.1, 0.15) is 5.75 Å². The van der Waals surface area contributed by atoms with Crippen molar-refractivity contribution in [1.29, 1.82) is 0 Å². The molecule has 1 N–H and O–H groups in total. The zero-order valence-electron chi connectivity index (χ0n) is 17.2. The van der Waals surface area contributed by atoms with E-state index in [0.29, 0.717) is 18.0 Å². The van der Waals surface area contributed by atoms with Gasteiger partial charge in [0.05, 0.1) is 12.5 Å². The van der Waals surface area contributed by atoms with E-state index in [-0.39, 0.29) is 18.9 Å². The lowest BCUT2D eigenvalue weighted by Crippen LogP contribution is -2.28. The molecule has 30 heavy (non-hydrogen) atoms. The quantitative estimate of drug-likeness (QED) is 0.676. The number of esters is 1. The second-order valence-corrected chi connectivity index (χ2v) is 7.00. The molecule has 7 nitrogen and oxygen atoms in total. The van der Waals surface area contributed by atoms with Crippen LogP contribution in [-0.4, -0.2) is 37.5 Å². The standard InChI is InChI=1S/C23H26N2O5/c1-3-16-7-5-6-8-20(16)25-14-17(13-22(25)27)23(28)30-15-21(26)24-18-9-11-19(12-10-18)29-4-2/h5-12,17H,3-4,13-15H2,1-2H3,(H,24,26)/t17-/m0/s1. The van der Waals surface area contributed by atoms with Crippen LogP contribution in [0.3, 0.4) is 0 Å². The molecule has 0 spiro atoms. The summed E-state index contributed by atoms with van der Waals surface area (Å²) < 4.78 is 10.5. The molecule has 1 aliphatic heterocycles. The summed E-state index contributed by atoms with van der Waals surface area (Å²) in [5, 5.41) is 2.67. The second-order valence-electron chi connectivity index (χ2n) is 7.00. The van der Waals surface area contributed by atoms with Crippen molar-refractivity contribution in [3.05, 3.63) is 54.1 Å². The Morgan fingerprint density at radius 1 is 1.10 bits per heavy atom. The minimum absolute atomic E-state index is 0.0807. The summed E-state index contributed by atoms with van der Waals surface area (Å²) in [5.41, 5.74) is 2.46. The van der Waals surface area contributed by atoms with Crippen molar-refractivity contribution in [2.24, 2.45) is 5.92 Å². The lowest BCUT2D eigenvalue weighted by molar-refractivity contribution is -0.151. The van der Waals surface area contributed by atoms with Gasteiger partial charge in [-0.1, -0.05) is 25.1 Å². The maximum absolute atomic E-state index is 12.4. The molecule has 0 unspecified atom stereocenters. The van der Waals surface area contributed by atoms with Crippen molar-refractivity contribution in [3.63, 3.8) is 0 Å². The largest absolute Gasteiger partial charge is 0.494 e. The van der Waals surface area contributed by atoms with E-state index in [2.05, 4.69) is 5.32 Å². The number of carbonyl (C=O) groups is 3. The van der Waals surface area contributed by atoms with Gasteiger partial charge >= 0.3 is 5.97 Å². The number of carbonyl (C=O) groups excluding carboxylic acids is 3. The molecule has 1 heterocycles. The van der Waals surface area contributed by atoms with Crippen LogP contribution in [0.15, 0.2) is 48.5 Å². The van der Waals surface area contributed by atoms with Crippen LogP contribution in [0.1, 0.15) is 25.8 Å². The molecule has 0 aromatic heterocycles. The first-order chi connectivity index (χ1) is 14.5. The van der Waals surface area contributed by atoms with Crippen LogP contribution in [-0.2, 0) is 25.5 Å². The SMILES string of the molecule is CCOc1ccc(NC(=O)COC(=O)[C@H]2CC(=O)N(c3ccccc3CC)C2)cc1. The van der Waals surface area contributed by atoms with E-state index < -0.39 is 24.4 Å². The van der Waals surface area contributed by atoms with E-state index in [1.165, 1.54) is 0 Å². The Hall–Kier alpha value is -3.35. The van der Waals surface area contributed by atoms with Crippen molar-refractivity contribution >= 4 is 29.2 Å². The molecule has 158 valence electrons. The highest BCUT2D eigenvalue weighted by Gasteiger charge is 2.37. The normalized spacial score (nSPS) is 15.7. The topological polar surface area (TPSA) is 84.9 Å². The van der Waals surface area contributed by atoms with Crippen molar-refractivity contribution in [2.75, 3.05) is 30.0 Å². The zero-order chi connectivity index (χ0) is 21.5. The van der Waals surface area contributed by atoms with E-state index in [0.717, 1.165) is 17.7 Å². The lowest BCUT2D eigenvalue weighted by Gasteiger charge is -2.19. The maximum atomic E-state index is 12.4. The highest BCUT2D eigenvalue weighted by atomic mass is 16.5. The van der Waals surface area contributed by atoms with Gasteiger partial charge in [0.25, 0.3) is 5.91 Å². The van der Waals surface area contributed by atoms with Crippen molar-refractivity contribution in [2.45, 2.75) is 26.7 Å². The van der Waals surface area contributed by atoms with Crippen LogP contribution < -0.4 is 15.0 Å². The Kier molecular flexibility index (Phi) is 7.06. The second kappa shape index (κ2) is 9.91. The van der Waals surface area contributed by atoms with Gasteiger partial charge in [-0.05, 0) is 49.2 Å². The molecule has 0 aliphatic carbocycles. The van der Waals surface area contributed by atoms with Gasteiger partial charge in [0.2, 0.25) is 5.91 Å². The Morgan fingerprint density at radius 3 is 2.53 bits per heavy atom. The number of ether oxygens (including phenoxy) is 2. The van der Waals surface area contributed by atoms with Gasteiger partial charge in [-0.2, -0.15) is 0 Å². The minimum atomic E-state index is -0.583. The fraction of sp³-hybridized carbons (Fsp3) is 0.348. The zero-order valence-corrected chi connectivity index (χ0v) is 17.2. The fourth-order valence-electron chi connectivity index (χ4n) is 3.42. The van der Waals surface area contributed by atoms with E-state index in [9.17, 15) is 14.4 Å². The Morgan fingerprint density at radius 2 is 1.83 bits per heavy atom. The van der Waals surface area contributed by atoms with Crippen LogP contribution in [0.4, 0.5) is 11.4 Å². The average Bonchev–Trinajstić information content (AvgIpc) is 3.15. The number of hydrogen-bond acceptors (Lipinski definition) is 5. The maximum Gasteiger partial charge on any atom is 0.311 e. The van der Waals surface area contributed by atoms with Crippen molar-refractivity contribution in [1.82, 2.24) is 0 Å². The monoisotopic (exact) mass is 410 g/mol. The molecule has 0 saturated carbocycles. The Balaban J connectivity index is 1.51. The van der Waals surface area contributed by atoms with Crippen LogP contribution >= 0.6 is 0 Å². The average molecular weight is 410 g/mol. The van der Waals surface area contributed by atoms with Crippen molar-refractivity contribution in [3.8, 4) is 5.75 Å². The van der Waals surface area contributed by atoms with E-state index in [1.54, 1.807) is 29.2 Å². The molecule has 2 aromatic carbocycles. The number of para-hydroxylation sites is 1. The summed E-state index contributed by atoms with van der Waals surface area (Å²) in [6.07, 6.45) is 0.873. The minimum Gasteiger partial charge on any atom is -0.494 e. The van der Waals surface area contributed by atoms with Crippen LogP contribution in [0.2, 0.25) is 0 Å². The Bertz CT molecular complexity index is 910. The molecule has 0 bridgehead atoms. The van der Waals surface area contributed by atoms with Gasteiger partial charge in [-0.3, -0.25) is 14.4 Å². The number of nitrogens with one attached hydrogen (secondary N) is 1. The molecule has 7 heteroatoms. The van der Waals surface area contributed by atoms with Gasteiger partial charge in [0.15, 0.2) is 6.61 Å². The van der Waals surface area contributed by atoms with Gasteiger partial charge in [0, 0.05) is 24.3 Å². The number of hydrogen-bond donors (Lipinski definition) is 1. The summed E-state index contributed by atoms with van der Waals surface area (Å²) in [7, 11) is 0. The lowest BCUT2D eigenvalue weighted by atomic mass is 10.1. The molecule has 0 radical (unpaired) electrons. The smallest absolute Gasteiger partial charge is 0.311 e. The number of benzene rings is 2. The molecular weight excluding hydrogens is 384 g/mol. The van der Waals surface area contributed by atoms with Crippen molar-refractivity contribution < 1.29 is 23.9 Å². The molecule has 1 saturated heterocycles. The molecule has 2 aromatic rings. The van der Waals surface area contributed by atoms with Crippen LogP contribution in [0, 0.1) is 5.92 Å². The first-order valence-corrected chi connectivity index (χ1v) is 10.1. The molecule has 3 rings (SSSR count). The molecule has 1 fully saturated rings. The van der Waals surface area contributed by atoms with E-state index >= 15 is 0 Å². The van der Waals surface area contributed by atoms with Crippen LogP contribution in [0.5, 0.6) is 5.75 Å². The molecule has 2 amide bonds.